The summed E-state index contributed by atoms with van der Waals surface area (Å²) in [6.45, 7) is 8.28. The summed E-state index contributed by atoms with van der Waals surface area (Å²) >= 11 is 0. The molecule has 0 aliphatic heterocycles. The van der Waals surface area contributed by atoms with E-state index in [1.54, 1.807) is 0 Å². The molecule has 0 fully saturated rings. The molecule has 0 aromatic carbocycles. The first-order valence-corrected chi connectivity index (χ1v) is 4.58. The van der Waals surface area contributed by atoms with E-state index in [0.29, 0.717) is 11.8 Å². The number of carbonyl (C=O) groups is 1. The zero-order valence-corrected chi connectivity index (χ0v) is 8.79. The van der Waals surface area contributed by atoms with Crippen molar-refractivity contribution in [2.75, 3.05) is 0 Å². The summed E-state index contributed by atoms with van der Waals surface area (Å²) in [5.74, 6) is 0.940. The third kappa shape index (κ3) is 4.50. The van der Waals surface area contributed by atoms with Gasteiger partial charge in [0.2, 0.25) is 0 Å². The molecule has 4 heteroatoms. The molecular weight excluding hydrogens is 166 g/mol. The second kappa shape index (κ2) is 5.56. The summed E-state index contributed by atoms with van der Waals surface area (Å²) in [5.41, 5.74) is 8.03. The number of nitrogens with two attached hydrogens (primary N) is 1. The van der Waals surface area contributed by atoms with E-state index in [1.807, 2.05) is 6.92 Å². The van der Waals surface area contributed by atoms with Crippen LogP contribution in [-0.2, 0) is 0 Å². The average Bonchev–Trinajstić information content (AvgIpc) is 2.11. The Hall–Kier alpha value is -1.06. The first kappa shape index (κ1) is 11.9. The fourth-order valence-corrected chi connectivity index (χ4v) is 1.01. The summed E-state index contributed by atoms with van der Waals surface area (Å²) < 4.78 is 0. The van der Waals surface area contributed by atoms with Crippen LogP contribution < -0.4 is 11.2 Å². The second-order valence-electron chi connectivity index (χ2n) is 3.40. The van der Waals surface area contributed by atoms with Crippen LogP contribution >= 0.6 is 0 Å². The molecule has 0 heterocycles. The molecule has 0 rings (SSSR count). The van der Waals surface area contributed by atoms with Crippen molar-refractivity contribution in [1.82, 2.24) is 5.43 Å². The molecule has 0 bridgehead atoms. The van der Waals surface area contributed by atoms with Crippen LogP contribution in [0.2, 0.25) is 0 Å². The van der Waals surface area contributed by atoms with Crippen molar-refractivity contribution < 1.29 is 4.79 Å². The highest BCUT2D eigenvalue weighted by Crippen LogP contribution is 2.15. The lowest BCUT2D eigenvalue weighted by Gasteiger charge is -2.17. The van der Waals surface area contributed by atoms with Gasteiger partial charge in [-0.05, 0) is 18.8 Å². The van der Waals surface area contributed by atoms with Crippen LogP contribution in [0.5, 0.6) is 0 Å². The Morgan fingerprint density at radius 1 is 1.54 bits per heavy atom. The summed E-state index contributed by atoms with van der Waals surface area (Å²) in [6, 6.07) is -0.615. The van der Waals surface area contributed by atoms with Gasteiger partial charge >= 0.3 is 6.03 Å². The highest BCUT2D eigenvalue weighted by molar-refractivity contribution is 5.85. The normalized spacial score (nSPS) is 16.5. The minimum Gasteiger partial charge on any atom is -0.350 e. The number of nitrogens with zero attached hydrogens (tertiary/aromatic N) is 1. The largest absolute Gasteiger partial charge is 0.350 e. The number of nitrogens with one attached hydrogen (secondary N) is 1. The van der Waals surface area contributed by atoms with Crippen LogP contribution in [0.1, 0.15) is 34.1 Å². The number of carbonyl (C=O) groups excluding carboxylic acids is 1. The third-order valence-corrected chi connectivity index (χ3v) is 2.50. The maximum Gasteiger partial charge on any atom is 0.332 e. The molecular formula is C9H19N3O. The van der Waals surface area contributed by atoms with Gasteiger partial charge in [0.25, 0.3) is 0 Å². The maximum absolute atomic E-state index is 10.4. The first-order valence-electron chi connectivity index (χ1n) is 4.58. The Morgan fingerprint density at radius 3 is 2.46 bits per heavy atom. The number of rotatable bonds is 4. The van der Waals surface area contributed by atoms with Crippen molar-refractivity contribution in [2.24, 2.45) is 22.7 Å². The van der Waals surface area contributed by atoms with Crippen molar-refractivity contribution in [3.05, 3.63) is 0 Å². The van der Waals surface area contributed by atoms with Gasteiger partial charge < -0.3 is 5.73 Å². The lowest BCUT2D eigenvalue weighted by molar-refractivity contribution is 0.249. The molecule has 0 aromatic heterocycles. The van der Waals surface area contributed by atoms with Crippen LogP contribution in [0.3, 0.4) is 0 Å². The third-order valence-electron chi connectivity index (χ3n) is 2.50. The van der Waals surface area contributed by atoms with Crippen LogP contribution in [0.25, 0.3) is 0 Å². The summed E-state index contributed by atoms with van der Waals surface area (Å²) in [6.07, 6.45) is 1.10. The molecule has 0 spiro atoms. The van der Waals surface area contributed by atoms with Crippen molar-refractivity contribution in [3.63, 3.8) is 0 Å². The summed E-state index contributed by atoms with van der Waals surface area (Å²) in [7, 11) is 0. The SMILES string of the molecule is CCC(C)C(C)/C(C)=N/NC(N)=O. The molecule has 0 aromatic rings. The van der Waals surface area contributed by atoms with E-state index in [9.17, 15) is 4.79 Å². The van der Waals surface area contributed by atoms with Gasteiger partial charge in [0.15, 0.2) is 0 Å². The number of hydrazone groups is 1. The quantitative estimate of drug-likeness (QED) is 0.508. The Kier molecular flexibility index (Phi) is 5.11. The summed E-state index contributed by atoms with van der Waals surface area (Å²) in [5, 5.41) is 3.88. The van der Waals surface area contributed by atoms with E-state index in [1.165, 1.54) is 0 Å². The monoisotopic (exact) mass is 185 g/mol. The Morgan fingerprint density at radius 2 is 2.08 bits per heavy atom. The molecule has 76 valence electrons. The van der Waals surface area contributed by atoms with Crippen LogP contribution in [0.15, 0.2) is 5.10 Å². The van der Waals surface area contributed by atoms with Gasteiger partial charge in [-0.1, -0.05) is 27.2 Å². The lowest BCUT2D eigenvalue weighted by Crippen LogP contribution is -2.27. The van der Waals surface area contributed by atoms with Gasteiger partial charge in [0, 0.05) is 5.71 Å². The van der Waals surface area contributed by atoms with Crippen LogP contribution in [-0.4, -0.2) is 11.7 Å². The van der Waals surface area contributed by atoms with E-state index >= 15 is 0 Å². The second-order valence-corrected chi connectivity index (χ2v) is 3.40. The van der Waals surface area contributed by atoms with Gasteiger partial charge in [-0.3, -0.25) is 0 Å². The molecule has 2 amide bonds. The number of amides is 2. The van der Waals surface area contributed by atoms with Crippen molar-refractivity contribution in [1.29, 1.82) is 0 Å². The predicted molar refractivity (Wildman–Crippen MR) is 54.4 cm³/mol. The van der Waals surface area contributed by atoms with Gasteiger partial charge in [0.1, 0.15) is 0 Å². The number of hydrogen-bond acceptors (Lipinski definition) is 2. The highest BCUT2D eigenvalue weighted by atomic mass is 16.2. The maximum atomic E-state index is 10.4. The number of primary amides is 1. The molecule has 3 N–H and O–H groups in total. The van der Waals surface area contributed by atoms with Crippen LogP contribution in [0, 0.1) is 11.8 Å². The molecule has 13 heavy (non-hydrogen) atoms. The minimum atomic E-state index is -0.615. The molecule has 0 radical (unpaired) electrons. The van der Waals surface area contributed by atoms with Gasteiger partial charge in [-0.25, -0.2) is 10.2 Å². The smallest absolute Gasteiger partial charge is 0.332 e. The molecule has 0 saturated carbocycles. The molecule has 4 nitrogen and oxygen atoms in total. The summed E-state index contributed by atoms with van der Waals surface area (Å²) in [4.78, 5) is 10.4. The zero-order chi connectivity index (χ0) is 10.4. The molecule has 0 saturated heterocycles. The van der Waals surface area contributed by atoms with E-state index in [2.05, 4.69) is 31.3 Å². The van der Waals surface area contributed by atoms with Gasteiger partial charge in [-0.2, -0.15) is 5.10 Å². The Bertz CT molecular complexity index is 201. The average molecular weight is 185 g/mol. The minimum absolute atomic E-state index is 0.372. The van der Waals surface area contributed by atoms with Crippen LogP contribution in [0.4, 0.5) is 4.79 Å². The van der Waals surface area contributed by atoms with E-state index in [4.69, 9.17) is 5.73 Å². The van der Waals surface area contributed by atoms with Crippen molar-refractivity contribution in [3.8, 4) is 0 Å². The van der Waals surface area contributed by atoms with Crippen molar-refractivity contribution >= 4 is 11.7 Å². The Labute approximate surface area is 79.6 Å². The zero-order valence-electron chi connectivity index (χ0n) is 8.79. The van der Waals surface area contributed by atoms with E-state index < -0.39 is 6.03 Å². The molecule has 2 unspecified atom stereocenters. The standard InChI is InChI=1S/C9H19N3O/c1-5-6(2)7(3)8(4)11-12-9(10)13/h6-7H,5H2,1-4H3,(H3,10,12,13)/b11-8+. The lowest BCUT2D eigenvalue weighted by atomic mass is 9.90. The number of urea groups is 1. The number of hydrogen-bond donors (Lipinski definition) is 2. The fourth-order valence-electron chi connectivity index (χ4n) is 1.01. The fraction of sp³-hybridized carbons (Fsp3) is 0.778. The van der Waals surface area contributed by atoms with Gasteiger partial charge in [-0.15, -0.1) is 0 Å². The molecule has 0 aliphatic carbocycles. The van der Waals surface area contributed by atoms with Gasteiger partial charge in [0.05, 0.1) is 0 Å². The topological polar surface area (TPSA) is 67.5 Å². The first-order chi connectivity index (χ1) is 5.99. The molecule has 0 aliphatic rings. The molecule has 2 atom stereocenters. The predicted octanol–water partition coefficient (Wildman–Crippen LogP) is 1.71. The highest BCUT2D eigenvalue weighted by Gasteiger charge is 2.13. The Balaban J connectivity index is 4.15. The van der Waals surface area contributed by atoms with E-state index in [-0.39, 0.29) is 0 Å². The van der Waals surface area contributed by atoms with E-state index in [0.717, 1.165) is 12.1 Å². The van der Waals surface area contributed by atoms with Crippen molar-refractivity contribution in [2.45, 2.75) is 34.1 Å².